The minimum Gasteiger partial charge on any atom is -0.406 e. The molecule has 1 fully saturated rings. The molecule has 1 aliphatic rings. The van der Waals surface area contributed by atoms with Gasteiger partial charge in [-0.25, -0.2) is 9.97 Å². The van der Waals surface area contributed by atoms with Gasteiger partial charge in [-0.05, 0) is 48.4 Å². The van der Waals surface area contributed by atoms with Gasteiger partial charge in [0.25, 0.3) is 5.91 Å². The van der Waals surface area contributed by atoms with Crippen molar-refractivity contribution in [3.8, 4) is 5.75 Å². The molecule has 8 nitrogen and oxygen atoms in total. The summed E-state index contributed by atoms with van der Waals surface area (Å²) in [6, 6.07) is 14.0. The molecule has 0 unspecified atom stereocenters. The zero-order valence-corrected chi connectivity index (χ0v) is 21.8. The van der Waals surface area contributed by atoms with Gasteiger partial charge in [0.15, 0.2) is 0 Å². The first-order valence-electron chi connectivity index (χ1n) is 12.5. The third-order valence-corrected chi connectivity index (χ3v) is 6.74. The molecule has 0 atom stereocenters. The number of fused-ring (bicyclic) bond motifs is 1. The fourth-order valence-corrected chi connectivity index (χ4v) is 4.76. The number of ether oxygens (including phenoxy) is 1. The van der Waals surface area contributed by atoms with Crippen molar-refractivity contribution in [3.05, 3.63) is 82.9 Å². The lowest BCUT2D eigenvalue weighted by molar-refractivity contribution is -0.274. The van der Waals surface area contributed by atoms with Crippen LogP contribution >= 0.6 is 11.6 Å². The highest BCUT2D eigenvalue weighted by Gasteiger charge is 2.31. The van der Waals surface area contributed by atoms with Gasteiger partial charge in [-0.1, -0.05) is 30.7 Å². The van der Waals surface area contributed by atoms with Crippen LogP contribution in [0, 0.1) is 0 Å². The Morgan fingerprint density at radius 2 is 1.59 bits per heavy atom. The third kappa shape index (κ3) is 6.19. The van der Waals surface area contributed by atoms with Crippen LogP contribution in [-0.2, 0) is 13.0 Å². The van der Waals surface area contributed by atoms with E-state index in [0.717, 1.165) is 43.1 Å². The minimum absolute atomic E-state index is 0.230. The monoisotopic (exact) mass is 558 g/mol. The normalized spacial score (nSPS) is 14.1. The van der Waals surface area contributed by atoms with Crippen molar-refractivity contribution < 1.29 is 22.7 Å². The van der Waals surface area contributed by atoms with E-state index in [9.17, 15) is 18.0 Å². The fraction of sp³-hybridized carbons (Fsp3) is 0.296. The molecule has 4 aromatic rings. The van der Waals surface area contributed by atoms with Crippen LogP contribution in [0.5, 0.6) is 5.75 Å². The van der Waals surface area contributed by atoms with E-state index in [-0.39, 0.29) is 11.7 Å². The molecule has 12 heteroatoms. The van der Waals surface area contributed by atoms with Gasteiger partial charge in [0.1, 0.15) is 11.4 Å². The van der Waals surface area contributed by atoms with Crippen molar-refractivity contribution in [3.63, 3.8) is 0 Å². The lowest BCUT2D eigenvalue weighted by Crippen LogP contribution is -2.46. The van der Waals surface area contributed by atoms with Crippen LogP contribution in [0.3, 0.4) is 0 Å². The number of nitrogens with one attached hydrogen (secondary N) is 1. The molecule has 0 spiro atoms. The molecule has 3 heterocycles. The summed E-state index contributed by atoms with van der Waals surface area (Å²) < 4.78 is 42.7. The Kier molecular flexibility index (Phi) is 7.51. The van der Waals surface area contributed by atoms with Gasteiger partial charge in [-0.3, -0.25) is 9.20 Å². The zero-order chi connectivity index (χ0) is 27.6. The van der Waals surface area contributed by atoms with Gasteiger partial charge in [-0.15, -0.1) is 13.2 Å². The first-order valence-corrected chi connectivity index (χ1v) is 12.8. The average molecular weight is 559 g/mol. The Morgan fingerprint density at radius 3 is 2.15 bits per heavy atom. The van der Waals surface area contributed by atoms with E-state index in [2.05, 4.69) is 29.8 Å². The molecule has 5 rings (SSSR count). The summed E-state index contributed by atoms with van der Waals surface area (Å²) in [4.78, 5) is 26.0. The van der Waals surface area contributed by atoms with Crippen LogP contribution < -0.4 is 19.9 Å². The molecule has 1 aliphatic heterocycles. The second kappa shape index (κ2) is 11.0. The van der Waals surface area contributed by atoms with Gasteiger partial charge in [0.05, 0.1) is 16.9 Å². The molecule has 0 aliphatic carbocycles. The van der Waals surface area contributed by atoms with Crippen LogP contribution in [0.4, 0.5) is 24.5 Å². The SMILES string of the molecule is CCc1nc2ncc(Cl)cn2c1C(=O)NCc1ccc(N2CCN(c3ccc(OC(F)(F)F)cc3)CC2)cc1. The van der Waals surface area contributed by atoms with Crippen LogP contribution in [0.15, 0.2) is 60.9 Å². The van der Waals surface area contributed by atoms with Crippen molar-refractivity contribution in [1.82, 2.24) is 19.7 Å². The van der Waals surface area contributed by atoms with Crippen LogP contribution in [-0.4, -0.2) is 52.8 Å². The molecule has 0 bridgehead atoms. The summed E-state index contributed by atoms with van der Waals surface area (Å²) in [5.74, 6) is -0.0492. The maximum Gasteiger partial charge on any atom is 0.573 e. The summed E-state index contributed by atoms with van der Waals surface area (Å²) in [5, 5.41) is 3.38. The van der Waals surface area contributed by atoms with E-state index in [1.807, 2.05) is 31.2 Å². The number of aryl methyl sites for hydroxylation is 1. The van der Waals surface area contributed by atoms with Gasteiger partial charge in [0, 0.05) is 50.3 Å². The molecule has 1 saturated heterocycles. The zero-order valence-electron chi connectivity index (χ0n) is 21.1. The molecule has 1 N–H and O–H groups in total. The number of alkyl halides is 3. The summed E-state index contributed by atoms with van der Waals surface area (Å²) in [5.41, 5.74) is 3.96. The number of anilines is 2. The quantitative estimate of drug-likeness (QED) is 0.340. The van der Waals surface area contributed by atoms with Crippen LogP contribution in [0.25, 0.3) is 5.78 Å². The predicted molar refractivity (Wildman–Crippen MR) is 143 cm³/mol. The highest BCUT2D eigenvalue weighted by molar-refractivity contribution is 6.30. The van der Waals surface area contributed by atoms with Gasteiger partial charge >= 0.3 is 6.36 Å². The topological polar surface area (TPSA) is 75.0 Å². The number of aromatic nitrogens is 3. The fourth-order valence-electron chi connectivity index (χ4n) is 4.62. The van der Waals surface area contributed by atoms with Crippen molar-refractivity contribution in [2.24, 2.45) is 0 Å². The molecule has 2 aromatic heterocycles. The number of hydrogen-bond donors (Lipinski definition) is 1. The first-order chi connectivity index (χ1) is 18.7. The molecule has 0 saturated carbocycles. The Labute approximate surface area is 228 Å². The van der Waals surface area contributed by atoms with Crippen LogP contribution in [0.1, 0.15) is 28.7 Å². The second-order valence-electron chi connectivity index (χ2n) is 9.07. The van der Waals surface area contributed by atoms with E-state index in [1.54, 1.807) is 22.7 Å². The number of amides is 1. The lowest BCUT2D eigenvalue weighted by atomic mass is 10.1. The first kappa shape index (κ1) is 26.6. The number of hydrogen-bond acceptors (Lipinski definition) is 6. The maximum atomic E-state index is 13.0. The highest BCUT2D eigenvalue weighted by Crippen LogP contribution is 2.27. The number of carbonyl (C=O) groups is 1. The minimum atomic E-state index is -4.70. The summed E-state index contributed by atoms with van der Waals surface area (Å²) >= 11 is 6.08. The molecule has 0 radical (unpaired) electrons. The van der Waals surface area contributed by atoms with Crippen molar-refractivity contribution in [2.45, 2.75) is 26.3 Å². The Balaban J connectivity index is 1.16. The number of piperazine rings is 1. The highest BCUT2D eigenvalue weighted by atomic mass is 35.5. The van der Waals surface area contributed by atoms with E-state index < -0.39 is 6.36 Å². The summed E-state index contributed by atoms with van der Waals surface area (Å²) in [6.07, 6.45) is -0.977. The Bertz CT molecular complexity index is 1450. The average Bonchev–Trinajstić information content (AvgIpc) is 3.29. The smallest absolute Gasteiger partial charge is 0.406 e. The molecular weight excluding hydrogens is 533 g/mol. The lowest BCUT2D eigenvalue weighted by Gasteiger charge is -2.37. The molecular formula is C27H26ClF3N6O2. The van der Waals surface area contributed by atoms with Gasteiger partial charge in [0.2, 0.25) is 5.78 Å². The summed E-state index contributed by atoms with van der Waals surface area (Å²) in [7, 11) is 0. The van der Waals surface area contributed by atoms with Crippen molar-refractivity contribution in [1.29, 1.82) is 0 Å². The number of carbonyl (C=O) groups excluding carboxylic acids is 1. The molecule has 204 valence electrons. The van der Waals surface area contributed by atoms with Crippen molar-refractivity contribution in [2.75, 3.05) is 36.0 Å². The maximum absolute atomic E-state index is 13.0. The molecule has 39 heavy (non-hydrogen) atoms. The number of rotatable bonds is 7. The number of nitrogens with zero attached hydrogens (tertiary/aromatic N) is 5. The van der Waals surface area contributed by atoms with E-state index in [4.69, 9.17) is 11.6 Å². The van der Waals surface area contributed by atoms with E-state index in [0.29, 0.717) is 35.2 Å². The third-order valence-electron chi connectivity index (χ3n) is 6.54. The summed E-state index contributed by atoms with van der Waals surface area (Å²) in [6.45, 7) is 5.28. The standard InChI is InChI=1S/C27H26ClF3N6O2/c1-2-23-24(37-17-19(28)16-33-26(37)34-23)25(38)32-15-18-3-5-20(6-4-18)35-11-13-36(14-12-35)21-7-9-22(10-8-21)39-27(29,30)31/h3-10,16-17H,2,11-15H2,1H3,(H,32,38). The Morgan fingerprint density at radius 1 is 1.00 bits per heavy atom. The van der Waals surface area contributed by atoms with E-state index >= 15 is 0 Å². The Hall–Kier alpha value is -3.99. The van der Waals surface area contributed by atoms with Gasteiger partial charge in [-0.2, -0.15) is 0 Å². The molecule has 2 aromatic carbocycles. The predicted octanol–water partition coefficient (Wildman–Crippen LogP) is 5.10. The second-order valence-corrected chi connectivity index (χ2v) is 9.50. The number of benzene rings is 2. The van der Waals surface area contributed by atoms with Crippen LogP contribution in [0.2, 0.25) is 5.02 Å². The largest absolute Gasteiger partial charge is 0.573 e. The molecule has 1 amide bonds. The van der Waals surface area contributed by atoms with E-state index in [1.165, 1.54) is 18.3 Å². The number of imidazole rings is 1. The number of halogens is 4. The van der Waals surface area contributed by atoms with Crippen molar-refractivity contribution >= 4 is 34.7 Å². The van der Waals surface area contributed by atoms with Gasteiger partial charge < -0.3 is 19.9 Å².